The predicted molar refractivity (Wildman–Crippen MR) is 121 cm³/mol. The molecule has 5 rings (SSSR count). The molecular formula is C26H27FN2O2. The molecule has 2 aromatic carbocycles. The van der Waals surface area contributed by atoms with Crippen LogP contribution in [-0.2, 0) is 16.1 Å². The first-order valence-electron chi connectivity index (χ1n) is 11.0. The lowest BCUT2D eigenvalue weighted by molar-refractivity contribution is -0.111. The van der Waals surface area contributed by atoms with Crippen LogP contribution < -0.4 is 5.32 Å². The minimum Gasteiger partial charge on any atom is -0.482 e. The zero-order chi connectivity index (χ0) is 21.6. The molecule has 0 bridgehead atoms. The molecule has 0 aromatic heterocycles. The molecule has 1 fully saturated rings. The highest BCUT2D eigenvalue weighted by molar-refractivity contribution is 6.32. The highest BCUT2D eigenvalue weighted by atomic mass is 19.1. The molecular weight excluding hydrogens is 391 g/mol. The van der Waals surface area contributed by atoms with Gasteiger partial charge in [-0.1, -0.05) is 30.7 Å². The molecule has 160 valence electrons. The highest BCUT2D eigenvalue weighted by Gasteiger charge is 2.38. The number of piperidine rings is 1. The van der Waals surface area contributed by atoms with E-state index in [9.17, 15) is 9.18 Å². The van der Waals surface area contributed by atoms with E-state index >= 15 is 0 Å². The molecule has 3 aliphatic rings. The number of halogens is 1. The normalized spacial score (nSPS) is 22.7. The molecule has 0 saturated carbocycles. The Morgan fingerprint density at radius 2 is 1.81 bits per heavy atom. The number of likely N-dealkylation sites (tertiary alicyclic amines) is 1. The molecule has 0 radical (unpaired) electrons. The van der Waals surface area contributed by atoms with E-state index < -0.39 is 5.60 Å². The fourth-order valence-electron chi connectivity index (χ4n) is 4.77. The molecule has 3 heterocycles. The maximum atomic E-state index is 13.8. The highest BCUT2D eigenvalue weighted by Crippen LogP contribution is 2.44. The van der Waals surface area contributed by atoms with Gasteiger partial charge in [0.2, 0.25) is 0 Å². The number of benzene rings is 2. The number of ether oxygens (including phenoxy) is 1. The fraction of sp³-hybridized carbons (Fsp3) is 0.346. The van der Waals surface area contributed by atoms with Gasteiger partial charge in [-0.15, -0.1) is 0 Å². The third-order valence-corrected chi connectivity index (χ3v) is 6.38. The quantitative estimate of drug-likeness (QED) is 0.682. The second kappa shape index (κ2) is 7.65. The number of hydrogen-bond donors (Lipinski definition) is 1. The van der Waals surface area contributed by atoms with Gasteiger partial charge >= 0.3 is 0 Å². The van der Waals surface area contributed by atoms with Crippen molar-refractivity contribution in [3.05, 3.63) is 76.8 Å². The number of hydrogen-bond acceptors (Lipinski definition) is 3. The first kappa shape index (κ1) is 20.0. The molecule has 0 atom stereocenters. The van der Waals surface area contributed by atoms with Gasteiger partial charge in [0.25, 0.3) is 5.91 Å². The van der Waals surface area contributed by atoms with Gasteiger partial charge in [0, 0.05) is 23.4 Å². The lowest BCUT2D eigenvalue weighted by Gasteiger charge is -2.26. The molecule has 1 amide bonds. The first-order valence-corrected chi connectivity index (χ1v) is 11.0. The summed E-state index contributed by atoms with van der Waals surface area (Å²) in [5.41, 5.74) is 4.34. The summed E-state index contributed by atoms with van der Waals surface area (Å²) in [4.78, 5) is 15.1. The number of amides is 1. The van der Waals surface area contributed by atoms with E-state index in [0.29, 0.717) is 22.6 Å². The van der Waals surface area contributed by atoms with E-state index in [4.69, 9.17) is 4.74 Å². The maximum absolute atomic E-state index is 13.8. The van der Waals surface area contributed by atoms with E-state index in [-0.39, 0.29) is 11.7 Å². The summed E-state index contributed by atoms with van der Waals surface area (Å²) in [5, 5.41) is 2.80. The van der Waals surface area contributed by atoms with Crippen molar-refractivity contribution in [1.82, 2.24) is 4.90 Å². The molecule has 1 N–H and O–H groups in total. The van der Waals surface area contributed by atoms with Crippen molar-refractivity contribution < 1.29 is 13.9 Å². The molecule has 0 aliphatic carbocycles. The number of nitrogens with one attached hydrogen (secondary N) is 1. The van der Waals surface area contributed by atoms with E-state index in [0.717, 1.165) is 17.7 Å². The molecule has 1 saturated heterocycles. The maximum Gasteiger partial charge on any atom is 0.260 e. The largest absolute Gasteiger partial charge is 0.482 e. The van der Waals surface area contributed by atoms with E-state index in [1.165, 1.54) is 50.0 Å². The van der Waals surface area contributed by atoms with Gasteiger partial charge in [0.05, 0.1) is 5.57 Å². The lowest BCUT2D eigenvalue weighted by atomic mass is 9.91. The Morgan fingerprint density at radius 3 is 2.55 bits per heavy atom. The number of anilines is 1. The van der Waals surface area contributed by atoms with Gasteiger partial charge < -0.3 is 10.1 Å². The second-order valence-corrected chi connectivity index (χ2v) is 9.09. The van der Waals surface area contributed by atoms with E-state index in [2.05, 4.69) is 34.5 Å². The van der Waals surface area contributed by atoms with Crippen LogP contribution in [-0.4, -0.2) is 29.5 Å². The summed E-state index contributed by atoms with van der Waals surface area (Å²) in [6, 6.07) is 12.9. The molecule has 31 heavy (non-hydrogen) atoms. The fourth-order valence-corrected chi connectivity index (χ4v) is 4.77. The molecule has 3 aliphatic heterocycles. The Hall–Kier alpha value is -2.92. The minimum atomic E-state index is -0.590. The van der Waals surface area contributed by atoms with Crippen molar-refractivity contribution in [2.75, 3.05) is 18.4 Å². The molecule has 4 nitrogen and oxygen atoms in total. The van der Waals surface area contributed by atoms with Crippen LogP contribution in [0.4, 0.5) is 10.1 Å². The van der Waals surface area contributed by atoms with Crippen molar-refractivity contribution >= 4 is 22.7 Å². The van der Waals surface area contributed by atoms with Gasteiger partial charge in [-0.2, -0.15) is 0 Å². The van der Waals surface area contributed by atoms with E-state index in [1.54, 1.807) is 6.07 Å². The summed E-state index contributed by atoms with van der Waals surface area (Å²) in [7, 11) is 0. The van der Waals surface area contributed by atoms with Crippen molar-refractivity contribution in [2.45, 2.75) is 45.3 Å². The van der Waals surface area contributed by atoms with Gasteiger partial charge in [-0.05, 0) is 75.2 Å². The predicted octanol–water partition coefficient (Wildman–Crippen LogP) is 5.37. The van der Waals surface area contributed by atoms with Crippen LogP contribution in [0.5, 0.6) is 0 Å². The third kappa shape index (κ3) is 3.79. The number of carbonyl (C=O) groups is 1. The molecule has 0 spiro atoms. The summed E-state index contributed by atoms with van der Waals surface area (Å²) in [6.45, 7) is 7.32. The summed E-state index contributed by atoms with van der Waals surface area (Å²) in [6.07, 6.45) is 5.84. The van der Waals surface area contributed by atoms with Crippen LogP contribution in [0, 0.1) is 5.82 Å². The Balaban J connectivity index is 1.46. The first-order chi connectivity index (χ1) is 14.9. The second-order valence-electron chi connectivity index (χ2n) is 9.09. The average molecular weight is 419 g/mol. The van der Waals surface area contributed by atoms with Crippen LogP contribution >= 0.6 is 0 Å². The zero-order valence-corrected chi connectivity index (χ0v) is 18.0. The Kier molecular flexibility index (Phi) is 4.94. The zero-order valence-electron chi connectivity index (χ0n) is 18.0. The van der Waals surface area contributed by atoms with E-state index in [1.807, 2.05) is 19.9 Å². The van der Waals surface area contributed by atoms with Crippen LogP contribution in [0.3, 0.4) is 0 Å². The van der Waals surface area contributed by atoms with Crippen molar-refractivity contribution in [3.8, 4) is 0 Å². The van der Waals surface area contributed by atoms with Crippen molar-refractivity contribution in [3.63, 3.8) is 0 Å². The van der Waals surface area contributed by atoms with Crippen molar-refractivity contribution in [2.24, 2.45) is 0 Å². The van der Waals surface area contributed by atoms with Gasteiger partial charge in [0.15, 0.2) is 0 Å². The summed E-state index contributed by atoms with van der Waals surface area (Å²) in [5.74, 6) is -0.154. The van der Waals surface area contributed by atoms with Crippen LogP contribution in [0.1, 0.15) is 49.8 Å². The molecule has 0 unspecified atom stereocenters. The van der Waals surface area contributed by atoms with Gasteiger partial charge in [-0.25, -0.2) is 4.39 Å². The number of carbonyl (C=O) groups excluding carboxylic acids is 1. The van der Waals surface area contributed by atoms with Crippen molar-refractivity contribution in [1.29, 1.82) is 0 Å². The number of nitrogens with zero attached hydrogens (tertiary/aromatic N) is 1. The Morgan fingerprint density at radius 1 is 1.06 bits per heavy atom. The standard InChI is InChI=1S/C26H27FN2O2/c1-26(2)21(18-8-6-17(7-9-18)16-29-12-4-3-5-13-29)15-23(31-26)24-20-14-19(27)10-11-22(20)28-25(24)30/h6-11,14-15H,3-5,12-13,16H2,1-2H3,(H,28,30)/b24-23+. The summed E-state index contributed by atoms with van der Waals surface area (Å²) < 4.78 is 20.0. The van der Waals surface area contributed by atoms with Gasteiger partial charge in [0.1, 0.15) is 17.2 Å². The Bertz CT molecular complexity index is 1090. The minimum absolute atomic E-state index is 0.263. The molecule has 5 heteroatoms. The number of fused-ring (bicyclic) bond motifs is 1. The van der Waals surface area contributed by atoms with Crippen LogP contribution in [0.25, 0.3) is 11.1 Å². The smallest absolute Gasteiger partial charge is 0.260 e. The summed E-state index contributed by atoms with van der Waals surface area (Å²) >= 11 is 0. The number of allylic oxidation sites excluding steroid dienone is 1. The van der Waals surface area contributed by atoms with Gasteiger partial charge in [-0.3, -0.25) is 9.69 Å². The topological polar surface area (TPSA) is 41.6 Å². The average Bonchev–Trinajstić information content (AvgIpc) is 3.23. The SMILES string of the molecule is CC1(C)O/C(=C2/C(=O)Nc3ccc(F)cc32)C=C1c1ccc(CN2CCCCC2)cc1. The van der Waals surface area contributed by atoms with Crippen LogP contribution in [0.2, 0.25) is 0 Å². The van der Waals surface area contributed by atoms with Crippen LogP contribution in [0.15, 0.2) is 54.3 Å². The third-order valence-electron chi connectivity index (χ3n) is 6.38. The molecule has 2 aromatic rings. The monoisotopic (exact) mass is 418 g/mol. The Labute approximate surface area is 182 Å². The number of rotatable bonds is 3. The lowest BCUT2D eigenvalue weighted by Crippen LogP contribution is -2.29.